The summed E-state index contributed by atoms with van der Waals surface area (Å²) >= 11 is 1.66. The first kappa shape index (κ1) is 21.7. The molecule has 0 saturated heterocycles. The summed E-state index contributed by atoms with van der Waals surface area (Å²) in [5, 5.41) is 9.65. The topological polar surface area (TPSA) is 76.5 Å². The fraction of sp³-hybridized carbons (Fsp3) is 0.292. The Hall–Kier alpha value is -2.99. The summed E-state index contributed by atoms with van der Waals surface area (Å²) in [6.07, 6.45) is 1.04. The van der Waals surface area contributed by atoms with Crippen LogP contribution in [0.3, 0.4) is 0 Å². The van der Waals surface area contributed by atoms with Crippen molar-refractivity contribution in [1.29, 1.82) is 0 Å². The van der Waals surface area contributed by atoms with Crippen LogP contribution in [0.4, 0.5) is 0 Å². The van der Waals surface area contributed by atoms with Gasteiger partial charge >= 0.3 is 5.97 Å². The van der Waals surface area contributed by atoms with Crippen LogP contribution in [0.2, 0.25) is 0 Å². The Kier molecular flexibility index (Phi) is 7.00. The molecule has 3 rings (SSSR count). The van der Waals surface area contributed by atoms with Crippen molar-refractivity contribution in [2.75, 3.05) is 6.61 Å². The number of benzene rings is 2. The predicted molar refractivity (Wildman–Crippen MR) is 119 cm³/mol. The Labute approximate surface area is 180 Å². The molecule has 0 fully saturated rings. The zero-order valence-electron chi connectivity index (χ0n) is 17.3. The van der Waals surface area contributed by atoms with E-state index in [2.05, 4.69) is 45.0 Å². The lowest BCUT2D eigenvalue weighted by Gasteiger charge is -2.06. The fourth-order valence-corrected chi connectivity index (χ4v) is 4.29. The highest BCUT2D eigenvalue weighted by molar-refractivity contribution is 7.15. The van der Waals surface area contributed by atoms with Crippen molar-refractivity contribution in [3.05, 3.63) is 70.2 Å². The minimum Gasteiger partial charge on any atom is -0.482 e. The standard InChI is InChI=1S/C24H25NO4S/c1-15(2)23-21(30-24(25-23)18-6-4-16(3)5-7-18)13-12-20(26)17-8-10-19(11-9-17)29-14-22(27)28/h4-11,15H,12-14H2,1-3H3,(H,27,28). The average Bonchev–Trinajstić information content (AvgIpc) is 3.16. The second kappa shape index (κ2) is 9.67. The van der Waals surface area contributed by atoms with E-state index in [1.54, 1.807) is 35.6 Å². The average molecular weight is 424 g/mol. The number of ether oxygens (including phenoxy) is 1. The van der Waals surface area contributed by atoms with Gasteiger partial charge in [0.25, 0.3) is 0 Å². The molecule has 30 heavy (non-hydrogen) atoms. The Morgan fingerprint density at radius 1 is 1.07 bits per heavy atom. The Balaban J connectivity index is 1.69. The fourth-order valence-electron chi connectivity index (χ4n) is 3.07. The van der Waals surface area contributed by atoms with E-state index in [9.17, 15) is 9.59 Å². The number of nitrogens with zero attached hydrogens (tertiary/aromatic N) is 1. The van der Waals surface area contributed by atoms with E-state index in [0.29, 0.717) is 24.2 Å². The van der Waals surface area contributed by atoms with Gasteiger partial charge < -0.3 is 9.84 Å². The number of Topliss-reactive ketones (excluding diaryl/α,β-unsaturated/α-hetero) is 1. The molecule has 3 aromatic rings. The maximum Gasteiger partial charge on any atom is 0.341 e. The summed E-state index contributed by atoms with van der Waals surface area (Å²) in [7, 11) is 0. The number of aryl methyl sites for hydroxylation is 2. The summed E-state index contributed by atoms with van der Waals surface area (Å²) in [4.78, 5) is 29.2. The van der Waals surface area contributed by atoms with Crippen molar-refractivity contribution >= 4 is 23.1 Å². The van der Waals surface area contributed by atoms with E-state index in [4.69, 9.17) is 14.8 Å². The van der Waals surface area contributed by atoms with Gasteiger partial charge in [-0.1, -0.05) is 43.7 Å². The van der Waals surface area contributed by atoms with Gasteiger partial charge in [-0.25, -0.2) is 9.78 Å². The molecule has 0 radical (unpaired) electrons. The number of carbonyl (C=O) groups excluding carboxylic acids is 1. The van der Waals surface area contributed by atoms with Gasteiger partial charge in [0, 0.05) is 22.4 Å². The molecule has 0 unspecified atom stereocenters. The zero-order chi connectivity index (χ0) is 21.7. The molecule has 0 aliphatic heterocycles. The number of rotatable bonds is 9. The van der Waals surface area contributed by atoms with E-state index in [1.165, 1.54) is 5.56 Å². The largest absolute Gasteiger partial charge is 0.482 e. The van der Waals surface area contributed by atoms with E-state index in [0.717, 1.165) is 21.1 Å². The van der Waals surface area contributed by atoms with Gasteiger partial charge in [-0.05, 0) is 43.5 Å². The lowest BCUT2D eigenvalue weighted by molar-refractivity contribution is -0.139. The first-order valence-corrected chi connectivity index (χ1v) is 10.7. The molecule has 0 atom stereocenters. The Morgan fingerprint density at radius 2 is 1.73 bits per heavy atom. The van der Waals surface area contributed by atoms with Crippen molar-refractivity contribution in [3.63, 3.8) is 0 Å². The normalized spacial score (nSPS) is 10.9. The Bertz CT molecular complexity index is 1020. The maximum atomic E-state index is 12.6. The first-order valence-electron chi connectivity index (χ1n) is 9.88. The number of carboxylic acid groups (broad SMARTS) is 1. The second-order valence-electron chi connectivity index (χ2n) is 7.48. The highest BCUT2D eigenvalue weighted by Gasteiger charge is 2.17. The Morgan fingerprint density at radius 3 is 2.33 bits per heavy atom. The molecule has 1 aromatic heterocycles. The van der Waals surface area contributed by atoms with Gasteiger partial charge in [-0.2, -0.15) is 0 Å². The number of hydrogen-bond acceptors (Lipinski definition) is 5. The quantitative estimate of drug-likeness (QED) is 0.459. The lowest BCUT2D eigenvalue weighted by Crippen LogP contribution is -2.09. The first-order chi connectivity index (χ1) is 14.3. The number of ketones is 1. The molecule has 0 aliphatic carbocycles. The summed E-state index contributed by atoms with van der Waals surface area (Å²) < 4.78 is 5.11. The number of thiazole rings is 1. The molecule has 6 heteroatoms. The van der Waals surface area contributed by atoms with Crippen LogP contribution in [0, 0.1) is 6.92 Å². The van der Waals surface area contributed by atoms with Crippen LogP contribution in [0.25, 0.3) is 10.6 Å². The third-order valence-corrected chi connectivity index (χ3v) is 5.87. The van der Waals surface area contributed by atoms with Crippen molar-refractivity contribution < 1.29 is 19.4 Å². The van der Waals surface area contributed by atoms with Crippen molar-refractivity contribution in [2.45, 2.75) is 39.5 Å². The molecule has 0 bridgehead atoms. The van der Waals surface area contributed by atoms with E-state index in [1.807, 2.05) is 0 Å². The molecule has 2 aromatic carbocycles. The smallest absolute Gasteiger partial charge is 0.341 e. The third-order valence-electron chi connectivity index (χ3n) is 4.69. The molecule has 0 amide bonds. The van der Waals surface area contributed by atoms with Crippen LogP contribution < -0.4 is 4.74 Å². The van der Waals surface area contributed by atoms with Crippen molar-refractivity contribution in [2.24, 2.45) is 0 Å². The van der Waals surface area contributed by atoms with Gasteiger partial charge in [-0.15, -0.1) is 11.3 Å². The number of carbonyl (C=O) groups is 2. The van der Waals surface area contributed by atoms with Crippen LogP contribution in [0.1, 0.15) is 52.7 Å². The van der Waals surface area contributed by atoms with Crippen molar-refractivity contribution in [1.82, 2.24) is 4.98 Å². The third kappa shape index (κ3) is 5.54. The van der Waals surface area contributed by atoms with Crippen LogP contribution in [-0.4, -0.2) is 28.4 Å². The van der Waals surface area contributed by atoms with Crippen LogP contribution >= 0.6 is 11.3 Å². The molecule has 0 aliphatic rings. The van der Waals surface area contributed by atoms with Gasteiger partial charge in [-0.3, -0.25) is 4.79 Å². The number of carboxylic acids is 1. The highest BCUT2D eigenvalue weighted by atomic mass is 32.1. The minimum absolute atomic E-state index is 0.0415. The number of aromatic nitrogens is 1. The summed E-state index contributed by atoms with van der Waals surface area (Å²) in [5.41, 5.74) is 3.96. The van der Waals surface area contributed by atoms with E-state index >= 15 is 0 Å². The molecule has 0 saturated carbocycles. The predicted octanol–water partition coefficient (Wildman–Crippen LogP) is 5.52. The molecule has 156 valence electrons. The summed E-state index contributed by atoms with van der Waals surface area (Å²) in [6.45, 7) is 5.90. The monoisotopic (exact) mass is 423 g/mol. The SMILES string of the molecule is Cc1ccc(-c2nc(C(C)C)c(CCC(=O)c3ccc(OCC(=O)O)cc3)s2)cc1. The summed E-state index contributed by atoms with van der Waals surface area (Å²) in [5.74, 6) is -0.275. The highest BCUT2D eigenvalue weighted by Crippen LogP contribution is 2.33. The van der Waals surface area contributed by atoms with Gasteiger partial charge in [0.05, 0.1) is 5.69 Å². The van der Waals surface area contributed by atoms with E-state index in [-0.39, 0.29) is 11.7 Å². The van der Waals surface area contributed by atoms with Crippen LogP contribution in [0.5, 0.6) is 5.75 Å². The number of hydrogen-bond donors (Lipinski definition) is 1. The van der Waals surface area contributed by atoms with Gasteiger partial charge in [0.1, 0.15) is 10.8 Å². The molecule has 0 spiro atoms. The van der Waals surface area contributed by atoms with Crippen LogP contribution in [0.15, 0.2) is 48.5 Å². The summed E-state index contributed by atoms with van der Waals surface area (Å²) in [6, 6.07) is 14.9. The van der Waals surface area contributed by atoms with E-state index < -0.39 is 12.6 Å². The molecule has 5 nitrogen and oxygen atoms in total. The maximum absolute atomic E-state index is 12.6. The number of aliphatic carboxylic acids is 1. The molecular weight excluding hydrogens is 398 g/mol. The molecule has 1 N–H and O–H groups in total. The zero-order valence-corrected chi connectivity index (χ0v) is 18.2. The van der Waals surface area contributed by atoms with Crippen molar-refractivity contribution in [3.8, 4) is 16.3 Å². The van der Waals surface area contributed by atoms with Crippen LogP contribution in [-0.2, 0) is 11.2 Å². The van der Waals surface area contributed by atoms with Gasteiger partial charge in [0.2, 0.25) is 0 Å². The molecular formula is C24H25NO4S. The second-order valence-corrected chi connectivity index (χ2v) is 8.56. The lowest BCUT2D eigenvalue weighted by atomic mass is 10.0. The minimum atomic E-state index is -1.04. The molecule has 1 heterocycles. The van der Waals surface area contributed by atoms with Gasteiger partial charge in [0.15, 0.2) is 12.4 Å².